The third kappa shape index (κ3) is 4.56. The first-order valence-electron chi connectivity index (χ1n) is 10.5. The lowest BCUT2D eigenvalue weighted by Crippen LogP contribution is -2.40. The molecular weight excluding hydrogens is 414 g/mol. The summed E-state index contributed by atoms with van der Waals surface area (Å²) in [6.45, 7) is 5.52. The van der Waals surface area contributed by atoms with E-state index in [1.165, 1.54) is 27.6 Å². The highest BCUT2D eigenvalue weighted by molar-refractivity contribution is 7.89. The molecule has 1 aliphatic heterocycles. The predicted molar refractivity (Wildman–Crippen MR) is 119 cm³/mol. The molecule has 0 atom stereocenters. The average Bonchev–Trinajstić information content (AvgIpc) is 2.78. The molecule has 8 heteroatoms. The molecule has 1 fully saturated rings. The van der Waals surface area contributed by atoms with Crippen LogP contribution in [0.3, 0.4) is 0 Å². The highest BCUT2D eigenvalue weighted by atomic mass is 32.2. The second-order valence-electron chi connectivity index (χ2n) is 8.01. The van der Waals surface area contributed by atoms with Crippen molar-refractivity contribution in [1.82, 2.24) is 9.73 Å². The Kier molecular flexibility index (Phi) is 6.22. The number of ether oxygens (including phenoxy) is 1. The van der Waals surface area contributed by atoms with Gasteiger partial charge in [0.05, 0.1) is 23.8 Å². The van der Waals surface area contributed by atoms with Crippen LogP contribution in [0.25, 0.3) is 0 Å². The summed E-state index contributed by atoms with van der Waals surface area (Å²) in [4.78, 5) is 12.8. The molecule has 1 saturated heterocycles. The van der Waals surface area contributed by atoms with Crippen LogP contribution in [0.1, 0.15) is 45.5 Å². The van der Waals surface area contributed by atoms with Crippen molar-refractivity contribution in [1.29, 1.82) is 0 Å². The topological polar surface area (TPSA) is 88.1 Å². The minimum absolute atomic E-state index is 0.101. The Hall–Kier alpha value is -2.55. The Morgan fingerprint density at radius 2 is 1.87 bits per heavy atom. The molecule has 1 N–H and O–H groups in total. The van der Waals surface area contributed by atoms with E-state index in [4.69, 9.17) is 4.74 Å². The smallest absolute Gasteiger partial charge is 0.271 e. The number of nitrogens with zero attached hydrogens (tertiary/aromatic N) is 2. The summed E-state index contributed by atoms with van der Waals surface area (Å²) in [6, 6.07) is 10.4. The normalized spacial score (nSPS) is 18.6. The van der Waals surface area contributed by atoms with Gasteiger partial charge in [-0.25, -0.2) is 13.8 Å². The molecule has 0 saturated carbocycles. The van der Waals surface area contributed by atoms with E-state index in [0.29, 0.717) is 26.3 Å². The van der Waals surface area contributed by atoms with Crippen LogP contribution in [0.2, 0.25) is 0 Å². The maximum absolute atomic E-state index is 12.9. The number of nitrogens with one attached hydrogen (secondary N) is 1. The monoisotopic (exact) mass is 441 g/mol. The van der Waals surface area contributed by atoms with Crippen molar-refractivity contribution in [3.05, 3.63) is 64.2 Å². The second kappa shape index (κ2) is 8.90. The lowest BCUT2D eigenvalue weighted by atomic mass is 9.86. The summed E-state index contributed by atoms with van der Waals surface area (Å²) >= 11 is 0. The van der Waals surface area contributed by atoms with E-state index in [9.17, 15) is 13.2 Å². The molecule has 0 aromatic heterocycles. The van der Waals surface area contributed by atoms with Crippen molar-refractivity contribution in [2.45, 2.75) is 38.0 Å². The molecule has 4 rings (SSSR count). The molecule has 2 aliphatic rings. The van der Waals surface area contributed by atoms with E-state index in [-0.39, 0.29) is 10.5 Å². The number of rotatable bonds is 4. The number of carbonyl (C=O) groups excluding carboxylic acids is 1. The number of hydrazone groups is 1. The fraction of sp³-hybridized carbons (Fsp3) is 0.391. The van der Waals surface area contributed by atoms with Crippen LogP contribution in [0, 0.1) is 13.8 Å². The molecule has 0 radical (unpaired) electrons. The minimum atomic E-state index is -3.67. The molecule has 0 spiro atoms. The van der Waals surface area contributed by atoms with Gasteiger partial charge in [-0.3, -0.25) is 4.79 Å². The summed E-state index contributed by atoms with van der Waals surface area (Å²) in [5, 5.41) is 4.41. The highest BCUT2D eigenvalue weighted by Gasteiger charge is 2.27. The Morgan fingerprint density at radius 1 is 1.10 bits per heavy atom. The molecule has 2 aromatic carbocycles. The van der Waals surface area contributed by atoms with Crippen molar-refractivity contribution in [2.24, 2.45) is 5.10 Å². The van der Waals surface area contributed by atoms with Crippen LogP contribution in [-0.4, -0.2) is 50.6 Å². The highest BCUT2D eigenvalue weighted by Crippen LogP contribution is 2.26. The molecule has 31 heavy (non-hydrogen) atoms. The number of benzene rings is 2. The van der Waals surface area contributed by atoms with E-state index in [1.54, 1.807) is 12.1 Å². The Morgan fingerprint density at radius 3 is 2.65 bits per heavy atom. The van der Waals surface area contributed by atoms with Gasteiger partial charge in [0.15, 0.2) is 0 Å². The molecular formula is C23H27N3O4S. The van der Waals surface area contributed by atoms with Gasteiger partial charge in [0.25, 0.3) is 5.91 Å². The zero-order chi connectivity index (χ0) is 22.0. The summed E-state index contributed by atoms with van der Waals surface area (Å²) in [7, 11) is -3.67. The number of aryl methyl sites for hydroxylation is 2. The third-order valence-electron chi connectivity index (χ3n) is 5.77. The number of morpholine rings is 1. The van der Waals surface area contributed by atoms with Crippen LogP contribution >= 0.6 is 0 Å². The summed E-state index contributed by atoms with van der Waals surface area (Å²) < 4.78 is 32.4. The first-order valence-corrected chi connectivity index (χ1v) is 12.0. The van der Waals surface area contributed by atoms with E-state index in [2.05, 4.69) is 36.5 Å². The minimum Gasteiger partial charge on any atom is -0.379 e. The standard InChI is InChI=1S/C23H27N3O4S/c1-16-13-17(2)20-7-4-8-22(21(20)14-16)24-25-23(27)18-5-3-6-19(15-18)31(28,29)26-9-11-30-12-10-26/h3,5-6,13-15H,4,7-12H2,1-2H3,(H,25,27). The SMILES string of the molecule is Cc1cc(C)c2c(c1)C(=NNC(=O)c1cccc(S(=O)(=O)N3CCOCC3)c1)CCC2. The Balaban J connectivity index is 1.55. The van der Waals surface area contributed by atoms with Gasteiger partial charge in [0.1, 0.15) is 0 Å². The molecule has 1 aliphatic carbocycles. The summed E-state index contributed by atoms with van der Waals surface area (Å²) in [5.74, 6) is -0.428. The molecule has 2 aromatic rings. The van der Waals surface area contributed by atoms with Gasteiger partial charge in [0.2, 0.25) is 10.0 Å². The number of amides is 1. The van der Waals surface area contributed by atoms with Crippen molar-refractivity contribution in [2.75, 3.05) is 26.3 Å². The van der Waals surface area contributed by atoms with Crippen LogP contribution in [0.4, 0.5) is 0 Å². The average molecular weight is 442 g/mol. The van der Waals surface area contributed by atoms with E-state index in [1.807, 2.05) is 0 Å². The van der Waals surface area contributed by atoms with Crippen LogP contribution in [-0.2, 0) is 21.2 Å². The number of carbonyl (C=O) groups is 1. The largest absolute Gasteiger partial charge is 0.379 e. The molecule has 1 heterocycles. The van der Waals surface area contributed by atoms with Crippen molar-refractivity contribution in [3.63, 3.8) is 0 Å². The number of sulfonamides is 1. The van der Waals surface area contributed by atoms with Crippen LogP contribution in [0.5, 0.6) is 0 Å². The van der Waals surface area contributed by atoms with E-state index >= 15 is 0 Å². The van der Waals surface area contributed by atoms with Crippen molar-refractivity contribution < 1.29 is 17.9 Å². The first-order chi connectivity index (χ1) is 14.9. The zero-order valence-electron chi connectivity index (χ0n) is 17.8. The Labute approximate surface area is 183 Å². The van der Waals surface area contributed by atoms with Gasteiger partial charge in [0, 0.05) is 24.2 Å². The first kappa shape index (κ1) is 21.7. The fourth-order valence-corrected chi connectivity index (χ4v) is 5.64. The second-order valence-corrected chi connectivity index (χ2v) is 9.94. The van der Waals surface area contributed by atoms with Crippen LogP contribution in [0.15, 0.2) is 46.4 Å². The van der Waals surface area contributed by atoms with Crippen molar-refractivity contribution in [3.8, 4) is 0 Å². The van der Waals surface area contributed by atoms with Gasteiger partial charge in [-0.1, -0.05) is 17.7 Å². The zero-order valence-corrected chi connectivity index (χ0v) is 18.7. The van der Waals surface area contributed by atoms with Gasteiger partial charge in [-0.05, 0) is 68.5 Å². The fourth-order valence-electron chi connectivity index (χ4n) is 4.19. The number of hydrogen-bond donors (Lipinski definition) is 1. The van der Waals surface area contributed by atoms with Crippen molar-refractivity contribution >= 4 is 21.6 Å². The third-order valence-corrected chi connectivity index (χ3v) is 7.66. The predicted octanol–water partition coefficient (Wildman–Crippen LogP) is 2.79. The van der Waals surface area contributed by atoms with Gasteiger partial charge in [-0.2, -0.15) is 9.41 Å². The molecule has 164 valence electrons. The van der Waals surface area contributed by atoms with Crippen LogP contribution < -0.4 is 5.43 Å². The number of hydrogen-bond acceptors (Lipinski definition) is 5. The van der Waals surface area contributed by atoms with Gasteiger partial charge in [-0.15, -0.1) is 0 Å². The molecule has 0 unspecified atom stereocenters. The Bertz CT molecular complexity index is 1140. The number of fused-ring (bicyclic) bond motifs is 1. The summed E-state index contributed by atoms with van der Waals surface area (Å²) in [6.07, 6.45) is 2.79. The maximum atomic E-state index is 12.9. The lowest BCUT2D eigenvalue weighted by Gasteiger charge is -2.26. The lowest BCUT2D eigenvalue weighted by molar-refractivity contribution is 0.0730. The van der Waals surface area contributed by atoms with E-state index < -0.39 is 15.9 Å². The quantitative estimate of drug-likeness (QED) is 0.739. The molecule has 7 nitrogen and oxygen atoms in total. The summed E-state index contributed by atoms with van der Waals surface area (Å²) in [5.41, 5.74) is 8.53. The van der Waals surface area contributed by atoms with Gasteiger partial charge < -0.3 is 4.74 Å². The van der Waals surface area contributed by atoms with E-state index in [0.717, 1.165) is 36.1 Å². The molecule has 1 amide bonds. The maximum Gasteiger partial charge on any atom is 0.271 e. The molecule has 0 bridgehead atoms. The van der Waals surface area contributed by atoms with Gasteiger partial charge >= 0.3 is 0 Å².